The molecule has 1 atom stereocenters. The highest BCUT2D eigenvalue weighted by Gasteiger charge is 2.29. The molecule has 1 unspecified atom stereocenters. The van der Waals surface area contributed by atoms with Crippen molar-refractivity contribution in [3.8, 4) is 0 Å². The van der Waals surface area contributed by atoms with E-state index in [1.54, 1.807) is 7.11 Å². The molecule has 98 valence electrons. The van der Waals surface area contributed by atoms with Crippen LogP contribution in [0, 0.1) is 5.41 Å². The van der Waals surface area contributed by atoms with Crippen molar-refractivity contribution in [2.75, 3.05) is 13.7 Å². The normalized spacial score (nSPS) is 15.2. The molecule has 0 aromatic heterocycles. The van der Waals surface area contributed by atoms with Crippen LogP contribution in [0.25, 0.3) is 0 Å². The maximum absolute atomic E-state index is 5.48. The lowest BCUT2D eigenvalue weighted by Crippen LogP contribution is -2.43. The van der Waals surface area contributed by atoms with E-state index in [9.17, 15) is 0 Å². The number of nitrogens with one attached hydrogen (secondary N) is 1. The lowest BCUT2D eigenvalue weighted by Gasteiger charge is -2.36. The molecule has 0 heterocycles. The second-order valence-electron chi connectivity index (χ2n) is 5.95. The van der Waals surface area contributed by atoms with Crippen molar-refractivity contribution in [2.24, 2.45) is 5.41 Å². The van der Waals surface area contributed by atoms with Crippen molar-refractivity contribution in [2.45, 2.75) is 72.4 Å². The zero-order valence-corrected chi connectivity index (χ0v) is 12.3. The predicted molar refractivity (Wildman–Crippen MR) is 71.9 cm³/mol. The van der Waals surface area contributed by atoms with E-state index < -0.39 is 0 Å². The van der Waals surface area contributed by atoms with Crippen LogP contribution >= 0.6 is 0 Å². The Morgan fingerprint density at radius 2 is 1.69 bits per heavy atom. The first-order valence-electron chi connectivity index (χ1n) is 6.57. The Kier molecular flexibility index (Phi) is 6.57. The summed E-state index contributed by atoms with van der Waals surface area (Å²) >= 11 is 0. The summed E-state index contributed by atoms with van der Waals surface area (Å²) in [5.74, 6) is 0. The number of hydrogen-bond acceptors (Lipinski definition) is 2. The molecule has 0 aliphatic rings. The van der Waals surface area contributed by atoms with Crippen molar-refractivity contribution < 1.29 is 4.74 Å². The van der Waals surface area contributed by atoms with Gasteiger partial charge in [-0.15, -0.1) is 0 Å². The zero-order valence-electron chi connectivity index (χ0n) is 12.3. The highest BCUT2D eigenvalue weighted by molar-refractivity contribution is 4.85. The van der Waals surface area contributed by atoms with Crippen LogP contribution in [-0.2, 0) is 4.74 Å². The standard InChI is InChI=1S/C14H31NO/c1-8-13(3,4)12(15-9-2)10-11-14(5,6)16-7/h12,15H,8-11H2,1-7H3. The van der Waals surface area contributed by atoms with Gasteiger partial charge in [-0.1, -0.05) is 27.7 Å². The largest absolute Gasteiger partial charge is 0.379 e. The molecule has 0 aromatic carbocycles. The van der Waals surface area contributed by atoms with Crippen LogP contribution in [0.4, 0.5) is 0 Å². The molecule has 16 heavy (non-hydrogen) atoms. The van der Waals surface area contributed by atoms with Crippen LogP contribution in [0.2, 0.25) is 0 Å². The first-order chi connectivity index (χ1) is 7.29. The SMILES string of the molecule is CCNC(CCC(C)(C)OC)C(C)(C)CC. The third-order valence-corrected chi connectivity index (χ3v) is 3.89. The Hall–Kier alpha value is -0.0800. The number of ether oxygens (including phenoxy) is 1. The van der Waals surface area contributed by atoms with Gasteiger partial charge in [-0.3, -0.25) is 0 Å². The molecule has 0 spiro atoms. The van der Waals surface area contributed by atoms with E-state index in [1.807, 2.05) is 0 Å². The highest BCUT2D eigenvalue weighted by atomic mass is 16.5. The van der Waals surface area contributed by atoms with Gasteiger partial charge in [-0.2, -0.15) is 0 Å². The molecule has 1 N–H and O–H groups in total. The van der Waals surface area contributed by atoms with Gasteiger partial charge in [0.05, 0.1) is 5.60 Å². The Bertz CT molecular complexity index is 187. The summed E-state index contributed by atoms with van der Waals surface area (Å²) < 4.78 is 5.48. The summed E-state index contributed by atoms with van der Waals surface area (Å²) in [4.78, 5) is 0. The maximum Gasteiger partial charge on any atom is 0.0623 e. The molecule has 0 aliphatic heterocycles. The van der Waals surface area contributed by atoms with Gasteiger partial charge in [0.25, 0.3) is 0 Å². The van der Waals surface area contributed by atoms with E-state index in [2.05, 4.69) is 46.9 Å². The maximum atomic E-state index is 5.48. The molecule has 2 nitrogen and oxygen atoms in total. The average Bonchev–Trinajstić information content (AvgIpc) is 2.24. The van der Waals surface area contributed by atoms with Gasteiger partial charge in [0, 0.05) is 13.2 Å². The van der Waals surface area contributed by atoms with Gasteiger partial charge in [-0.25, -0.2) is 0 Å². The molecule has 0 rings (SSSR count). The molecule has 0 saturated carbocycles. The second-order valence-corrected chi connectivity index (χ2v) is 5.95. The summed E-state index contributed by atoms with van der Waals surface area (Å²) in [6.07, 6.45) is 3.48. The highest BCUT2D eigenvalue weighted by Crippen LogP contribution is 2.29. The monoisotopic (exact) mass is 229 g/mol. The fraction of sp³-hybridized carbons (Fsp3) is 1.00. The minimum atomic E-state index is -0.00249. The predicted octanol–water partition coefficient (Wildman–Crippen LogP) is 3.61. The molecule has 0 aliphatic carbocycles. The first-order valence-corrected chi connectivity index (χ1v) is 6.57. The summed E-state index contributed by atoms with van der Waals surface area (Å²) in [5.41, 5.74) is 0.358. The Balaban J connectivity index is 4.35. The summed E-state index contributed by atoms with van der Waals surface area (Å²) in [6.45, 7) is 14.5. The zero-order chi connectivity index (χ0) is 12.8. The molecule has 0 fully saturated rings. The van der Waals surface area contributed by atoms with Crippen LogP contribution in [0.15, 0.2) is 0 Å². The number of rotatable bonds is 8. The van der Waals surface area contributed by atoms with E-state index in [0.717, 1.165) is 13.0 Å². The van der Waals surface area contributed by atoms with Crippen LogP contribution in [0.3, 0.4) is 0 Å². The smallest absolute Gasteiger partial charge is 0.0623 e. The van der Waals surface area contributed by atoms with E-state index in [1.165, 1.54) is 12.8 Å². The third-order valence-electron chi connectivity index (χ3n) is 3.89. The van der Waals surface area contributed by atoms with Crippen LogP contribution in [0.1, 0.15) is 60.8 Å². The van der Waals surface area contributed by atoms with Gasteiger partial charge >= 0.3 is 0 Å². The summed E-state index contributed by atoms with van der Waals surface area (Å²) in [6, 6.07) is 0.580. The van der Waals surface area contributed by atoms with Crippen molar-refractivity contribution in [1.29, 1.82) is 0 Å². The molecule has 0 saturated heterocycles. The fourth-order valence-electron chi connectivity index (χ4n) is 1.86. The van der Waals surface area contributed by atoms with Gasteiger partial charge in [0.2, 0.25) is 0 Å². The average molecular weight is 229 g/mol. The summed E-state index contributed by atoms with van der Waals surface area (Å²) in [7, 11) is 1.80. The van der Waals surface area contributed by atoms with Crippen molar-refractivity contribution >= 4 is 0 Å². The minimum absolute atomic E-state index is 0.00249. The first kappa shape index (κ1) is 15.9. The summed E-state index contributed by atoms with van der Waals surface area (Å²) in [5, 5.41) is 3.61. The van der Waals surface area contributed by atoms with Gasteiger partial charge < -0.3 is 10.1 Å². The van der Waals surface area contributed by atoms with Crippen molar-refractivity contribution in [1.82, 2.24) is 5.32 Å². The quantitative estimate of drug-likeness (QED) is 0.686. The lowest BCUT2D eigenvalue weighted by atomic mass is 9.78. The molecular formula is C14H31NO. The fourth-order valence-corrected chi connectivity index (χ4v) is 1.86. The molecule has 0 aromatic rings. The van der Waals surface area contributed by atoms with Crippen molar-refractivity contribution in [3.05, 3.63) is 0 Å². The van der Waals surface area contributed by atoms with Gasteiger partial charge in [0.15, 0.2) is 0 Å². The van der Waals surface area contributed by atoms with Crippen molar-refractivity contribution in [3.63, 3.8) is 0 Å². The molecule has 0 bridgehead atoms. The van der Waals surface area contributed by atoms with E-state index >= 15 is 0 Å². The Labute approximate surface area is 102 Å². The van der Waals surface area contributed by atoms with Crippen LogP contribution < -0.4 is 5.32 Å². The molecule has 0 radical (unpaired) electrons. The number of hydrogen-bond donors (Lipinski definition) is 1. The van der Waals surface area contributed by atoms with E-state index in [-0.39, 0.29) is 5.60 Å². The molecule has 2 heteroatoms. The van der Waals surface area contributed by atoms with Crippen LogP contribution in [0.5, 0.6) is 0 Å². The third kappa shape index (κ3) is 5.31. The van der Waals surface area contributed by atoms with Gasteiger partial charge in [-0.05, 0) is 45.1 Å². The molecule has 0 amide bonds. The minimum Gasteiger partial charge on any atom is -0.379 e. The Morgan fingerprint density at radius 1 is 1.12 bits per heavy atom. The molecular weight excluding hydrogens is 198 g/mol. The van der Waals surface area contributed by atoms with E-state index in [4.69, 9.17) is 4.74 Å². The second kappa shape index (κ2) is 6.61. The van der Waals surface area contributed by atoms with Crippen LogP contribution in [-0.4, -0.2) is 25.3 Å². The topological polar surface area (TPSA) is 21.3 Å². The lowest BCUT2D eigenvalue weighted by molar-refractivity contribution is 0.00789. The number of methoxy groups -OCH3 is 1. The van der Waals surface area contributed by atoms with E-state index in [0.29, 0.717) is 11.5 Å². The van der Waals surface area contributed by atoms with Gasteiger partial charge in [0.1, 0.15) is 0 Å². The Morgan fingerprint density at radius 3 is 2.06 bits per heavy atom.